The third-order valence-electron chi connectivity index (χ3n) is 9.85. The predicted molar refractivity (Wildman–Crippen MR) is 166 cm³/mol. The molecule has 0 aromatic carbocycles. The molecule has 0 bridgehead atoms. The maximum Gasteiger partial charge on any atom is 0.334 e. The Bertz CT molecular complexity index is 1240. The van der Waals surface area contributed by atoms with Crippen LogP contribution in [0.1, 0.15) is 97.8 Å². The summed E-state index contributed by atoms with van der Waals surface area (Å²) in [5, 5.41) is 6.49. The van der Waals surface area contributed by atoms with Crippen LogP contribution < -0.4 is 10.6 Å². The van der Waals surface area contributed by atoms with Crippen LogP contribution >= 0.6 is 0 Å². The van der Waals surface area contributed by atoms with Gasteiger partial charge in [-0.2, -0.15) is 0 Å². The number of hydroxylamine groups is 4. The molecule has 0 saturated carbocycles. The summed E-state index contributed by atoms with van der Waals surface area (Å²) in [5.41, 5.74) is 0. The zero-order valence-electron chi connectivity index (χ0n) is 28.1. The van der Waals surface area contributed by atoms with E-state index in [-0.39, 0.29) is 101 Å². The molecule has 4 heterocycles. The van der Waals surface area contributed by atoms with Gasteiger partial charge in [-0.3, -0.25) is 38.6 Å². The van der Waals surface area contributed by atoms with Gasteiger partial charge in [0.2, 0.25) is 11.8 Å². The Balaban J connectivity index is 1.21. The van der Waals surface area contributed by atoms with Crippen molar-refractivity contribution in [1.29, 1.82) is 0 Å². The Labute approximate surface area is 280 Å². The van der Waals surface area contributed by atoms with Crippen molar-refractivity contribution in [3.05, 3.63) is 0 Å². The molecular formula is C32H48N6O10. The number of carbonyl (C=O) groups excluding carboxylic acids is 8. The first-order valence-electron chi connectivity index (χ1n) is 17.0. The molecule has 16 heteroatoms. The summed E-state index contributed by atoms with van der Waals surface area (Å²) in [7, 11) is 0. The minimum atomic E-state index is -0.769. The van der Waals surface area contributed by atoms with Crippen molar-refractivity contribution in [3.63, 3.8) is 0 Å². The molecule has 4 fully saturated rings. The van der Waals surface area contributed by atoms with Gasteiger partial charge in [0, 0.05) is 62.9 Å². The van der Waals surface area contributed by atoms with Crippen LogP contribution in [-0.4, -0.2) is 118 Å². The molecule has 266 valence electrons. The number of nitrogens with one attached hydrogen (secondary N) is 2. The predicted octanol–water partition coefficient (Wildman–Crippen LogP) is 0.336. The lowest BCUT2D eigenvalue weighted by Crippen LogP contribution is -2.55. The van der Waals surface area contributed by atoms with Gasteiger partial charge in [0.1, 0.15) is 0 Å². The average molecular weight is 677 g/mol. The maximum atomic E-state index is 12.9. The second-order valence-electron chi connectivity index (χ2n) is 13.2. The number of carbonyl (C=O) groups is 8. The quantitative estimate of drug-likeness (QED) is 0.240. The van der Waals surface area contributed by atoms with Crippen molar-refractivity contribution < 1.29 is 48.0 Å². The lowest BCUT2D eigenvalue weighted by molar-refractivity contribution is -0.197. The first-order valence-corrected chi connectivity index (χ1v) is 17.0. The highest BCUT2D eigenvalue weighted by Crippen LogP contribution is 2.35. The Morgan fingerprint density at radius 3 is 1.60 bits per heavy atom. The molecule has 4 aliphatic heterocycles. The molecule has 6 amide bonds. The number of hydrogen-bond acceptors (Lipinski definition) is 12. The van der Waals surface area contributed by atoms with E-state index < -0.39 is 35.6 Å². The van der Waals surface area contributed by atoms with Crippen LogP contribution in [0.4, 0.5) is 0 Å². The van der Waals surface area contributed by atoms with E-state index in [1.807, 2.05) is 0 Å². The van der Waals surface area contributed by atoms with Crippen molar-refractivity contribution in [1.82, 2.24) is 30.6 Å². The van der Waals surface area contributed by atoms with Gasteiger partial charge in [0.05, 0.1) is 25.9 Å². The minimum Gasteiger partial charge on any atom is -0.354 e. The van der Waals surface area contributed by atoms with Crippen LogP contribution in [0, 0.1) is 5.92 Å². The first-order chi connectivity index (χ1) is 22.8. The molecule has 5 unspecified atom stereocenters. The standard InChI is InChI=1S/C32H48N6O10/c1-20-5-4-6-24(36(20)19-26(40)34-16-14-32(46)48-38-29(43)11-12-30(38)44)17-23-8-7-21(2)35(22(23)3)18-25(39)33-15-13-31(45)47-37-27(41)9-10-28(37)42/h20-24H,4-19H2,1-3H3,(H,33,39)(H,34,40). The van der Waals surface area contributed by atoms with Gasteiger partial charge in [-0.1, -0.05) is 6.42 Å². The highest BCUT2D eigenvalue weighted by Gasteiger charge is 2.38. The molecule has 4 saturated heterocycles. The summed E-state index contributed by atoms with van der Waals surface area (Å²) in [5.74, 6) is -3.91. The zero-order chi connectivity index (χ0) is 35.0. The second kappa shape index (κ2) is 17.0. The van der Waals surface area contributed by atoms with Crippen molar-refractivity contribution >= 4 is 47.4 Å². The highest BCUT2D eigenvalue weighted by atomic mass is 16.7. The Morgan fingerprint density at radius 2 is 1.10 bits per heavy atom. The molecule has 5 atom stereocenters. The molecule has 0 spiro atoms. The summed E-state index contributed by atoms with van der Waals surface area (Å²) in [4.78, 5) is 111. The molecule has 4 aliphatic rings. The fraction of sp³-hybridized carbons (Fsp3) is 0.750. The number of nitrogens with zero attached hydrogens (tertiary/aromatic N) is 4. The van der Waals surface area contributed by atoms with Gasteiger partial charge in [-0.05, 0) is 58.8 Å². The van der Waals surface area contributed by atoms with E-state index in [0.29, 0.717) is 16.0 Å². The van der Waals surface area contributed by atoms with Crippen molar-refractivity contribution in [2.24, 2.45) is 5.92 Å². The Morgan fingerprint density at radius 1 is 0.646 bits per heavy atom. The number of hydrogen-bond donors (Lipinski definition) is 2. The average Bonchev–Trinajstić information content (AvgIpc) is 3.52. The highest BCUT2D eigenvalue weighted by molar-refractivity contribution is 6.02. The number of rotatable bonds is 14. The molecule has 0 radical (unpaired) electrons. The summed E-state index contributed by atoms with van der Waals surface area (Å²) in [6, 6.07) is 0.651. The molecule has 0 aromatic heterocycles. The Hall–Kier alpha value is -3.92. The number of piperidine rings is 2. The van der Waals surface area contributed by atoms with Gasteiger partial charge >= 0.3 is 11.9 Å². The van der Waals surface area contributed by atoms with E-state index in [0.717, 1.165) is 38.5 Å². The van der Waals surface area contributed by atoms with E-state index in [4.69, 9.17) is 9.68 Å². The van der Waals surface area contributed by atoms with Gasteiger partial charge in [0.25, 0.3) is 23.6 Å². The van der Waals surface area contributed by atoms with Crippen LogP contribution in [0.5, 0.6) is 0 Å². The van der Waals surface area contributed by atoms with Crippen LogP contribution in [0.2, 0.25) is 0 Å². The van der Waals surface area contributed by atoms with Crippen LogP contribution in [-0.2, 0) is 48.0 Å². The monoisotopic (exact) mass is 676 g/mol. The lowest BCUT2D eigenvalue weighted by Gasteiger charge is -2.47. The fourth-order valence-corrected chi connectivity index (χ4v) is 7.04. The third-order valence-corrected chi connectivity index (χ3v) is 9.85. The van der Waals surface area contributed by atoms with Crippen molar-refractivity contribution in [3.8, 4) is 0 Å². The second-order valence-corrected chi connectivity index (χ2v) is 13.2. The van der Waals surface area contributed by atoms with Gasteiger partial charge < -0.3 is 20.3 Å². The zero-order valence-corrected chi connectivity index (χ0v) is 28.1. The molecule has 0 aromatic rings. The number of amides is 6. The topological polar surface area (TPSA) is 192 Å². The minimum absolute atomic E-state index is 0.0126. The summed E-state index contributed by atoms with van der Waals surface area (Å²) in [6.07, 6.45) is 5.45. The molecule has 2 N–H and O–H groups in total. The third kappa shape index (κ3) is 9.81. The van der Waals surface area contributed by atoms with E-state index in [1.165, 1.54) is 0 Å². The first kappa shape index (κ1) is 36.9. The molecular weight excluding hydrogens is 628 g/mol. The van der Waals surface area contributed by atoms with Gasteiger partial charge in [0.15, 0.2) is 0 Å². The molecule has 16 nitrogen and oxygen atoms in total. The fourth-order valence-electron chi connectivity index (χ4n) is 7.04. The largest absolute Gasteiger partial charge is 0.354 e. The smallest absolute Gasteiger partial charge is 0.334 e. The molecule has 48 heavy (non-hydrogen) atoms. The molecule has 0 aliphatic carbocycles. The van der Waals surface area contributed by atoms with E-state index in [1.54, 1.807) is 0 Å². The number of imide groups is 2. The van der Waals surface area contributed by atoms with E-state index >= 15 is 0 Å². The molecule has 4 rings (SSSR count). The van der Waals surface area contributed by atoms with Crippen LogP contribution in [0.15, 0.2) is 0 Å². The number of likely N-dealkylation sites (tertiary alicyclic amines) is 2. The summed E-state index contributed by atoms with van der Waals surface area (Å²) in [6.45, 7) is 6.71. The SMILES string of the molecule is CC1CCCC(CC2CCC(C)N(CC(=O)NCCC(=O)ON3C(=O)CCC3=O)C2C)N1CC(=O)NCCC(=O)ON1C(=O)CCC1=O. The van der Waals surface area contributed by atoms with Crippen LogP contribution in [0.3, 0.4) is 0 Å². The van der Waals surface area contributed by atoms with Crippen LogP contribution in [0.25, 0.3) is 0 Å². The summed E-state index contributed by atoms with van der Waals surface area (Å²) >= 11 is 0. The van der Waals surface area contributed by atoms with E-state index in [2.05, 4.69) is 41.2 Å². The summed E-state index contributed by atoms with van der Waals surface area (Å²) < 4.78 is 0. The van der Waals surface area contributed by atoms with Crippen molar-refractivity contribution in [2.75, 3.05) is 26.2 Å². The van der Waals surface area contributed by atoms with E-state index in [9.17, 15) is 38.4 Å². The lowest BCUT2D eigenvalue weighted by atomic mass is 9.80. The van der Waals surface area contributed by atoms with Crippen molar-refractivity contribution in [2.45, 2.75) is 122 Å². The van der Waals surface area contributed by atoms with Gasteiger partial charge in [-0.15, -0.1) is 10.1 Å². The Kier molecular flexibility index (Phi) is 13.0. The van der Waals surface area contributed by atoms with Gasteiger partial charge in [-0.25, -0.2) is 9.59 Å². The maximum absolute atomic E-state index is 12.9. The normalized spacial score (nSPS) is 26.9.